The molecule has 0 aromatic heterocycles. The van der Waals surface area contributed by atoms with Crippen molar-refractivity contribution in [2.24, 2.45) is 11.8 Å². The van der Waals surface area contributed by atoms with Gasteiger partial charge in [-0.1, -0.05) is 91.0 Å². The summed E-state index contributed by atoms with van der Waals surface area (Å²) < 4.78 is 26.0. The maximum Gasteiger partial charge on any atom is 0.113 e. The molecule has 0 radical (unpaired) electrons. The standard InChI is InChI=1S/C31H36O5/c32-18-26-16-27-28(17-26)36-29(22-33-19-23-10-4-1-5-11-23)31(35-21-25-14-8-3-9-15-25)30(27)34-20-24-12-6-2-7-13-24/h1-15,26-32H,16-22H2/t26-,27?,28+,29?,30-,31+/m0/s1. The molecular weight excluding hydrogens is 452 g/mol. The maximum atomic E-state index is 9.91. The second kappa shape index (κ2) is 12.6. The molecule has 1 saturated carbocycles. The number of benzene rings is 3. The number of hydrogen-bond acceptors (Lipinski definition) is 5. The zero-order chi connectivity index (χ0) is 24.6. The van der Waals surface area contributed by atoms with Crippen LogP contribution in [-0.2, 0) is 38.8 Å². The van der Waals surface area contributed by atoms with Crippen molar-refractivity contribution in [2.75, 3.05) is 13.2 Å². The van der Waals surface area contributed by atoms with E-state index in [0.29, 0.717) is 26.4 Å². The van der Waals surface area contributed by atoms with Crippen molar-refractivity contribution in [1.29, 1.82) is 0 Å². The van der Waals surface area contributed by atoms with Crippen molar-refractivity contribution < 1.29 is 24.1 Å². The van der Waals surface area contributed by atoms with Crippen LogP contribution in [0.4, 0.5) is 0 Å². The fourth-order valence-corrected chi connectivity index (χ4v) is 5.50. The van der Waals surface area contributed by atoms with Crippen LogP contribution in [0.3, 0.4) is 0 Å². The van der Waals surface area contributed by atoms with Gasteiger partial charge in [0.15, 0.2) is 0 Å². The van der Waals surface area contributed by atoms with E-state index in [1.165, 1.54) is 0 Å². The van der Waals surface area contributed by atoms with Crippen molar-refractivity contribution in [3.8, 4) is 0 Å². The molecule has 1 heterocycles. The molecule has 5 rings (SSSR count). The lowest BCUT2D eigenvalue weighted by atomic mass is 9.87. The van der Waals surface area contributed by atoms with Gasteiger partial charge < -0.3 is 24.1 Å². The molecule has 36 heavy (non-hydrogen) atoms. The first-order valence-corrected chi connectivity index (χ1v) is 13.0. The minimum absolute atomic E-state index is 0.0322. The maximum absolute atomic E-state index is 9.91. The van der Waals surface area contributed by atoms with Gasteiger partial charge in [0.05, 0.1) is 38.6 Å². The lowest BCUT2D eigenvalue weighted by Crippen LogP contribution is -2.56. The molecule has 1 saturated heterocycles. The number of rotatable bonds is 11. The smallest absolute Gasteiger partial charge is 0.113 e. The van der Waals surface area contributed by atoms with Gasteiger partial charge in [0, 0.05) is 12.5 Å². The normalized spacial score (nSPS) is 27.6. The van der Waals surface area contributed by atoms with Gasteiger partial charge in [-0.15, -0.1) is 0 Å². The van der Waals surface area contributed by atoms with Gasteiger partial charge in [-0.2, -0.15) is 0 Å². The summed E-state index contributed by atoms with van der Waals surface area (Å²) in [6, 6.07) is 30.6. The highest BCUT2D eigenvalue weighted by Gasteiger charge is 2.51. The topological polar surface area (TPSA) is 57.2 Å². The summed E-state index contributed by atoms with van der Waals surface area (Å²) in [5, 5.41) is 9.91. The molecule has 6 atom stereocenters. The van der Waals surface area contributed by atoms with Crippen molar-refractivity contribution in [3.63, 3.8) is 0 Å². The van der Waals surface area contributed by atoms with E-state index in [1.807, 2.05) is 54.6 Å². The van der Waals surface area contributed by atoms with Gasteiger partial charge in [-0.05, 0) is 35.4 Å². The molecule has 0 amide bonds. The van der Waals surface area contributed by atoms with Gasteiger partial charge in [0.25, 0.3) is 0 Å². The molecule has 1 aliphatic carbocycles. The van der Waals surface area contributed by atoms with Crippen LogP contribution in [0.1, 0.15) is 29.5 Å². The molecule has 5 heteroatoms. The first kappa shape index (κ1) is 25.1. The Morgan fingerprint density at radius 2 is 1.19 bits per heavy atom. The molecule has 2 unspecified atom stereocenters. The Labute approximate surface area is 214 Å². The van der Waals surface area contributed by atoms with Crippen LogP contribution in [0.25, 0.3) is 0 Å². The Morgan fingerprint density at radius 3 is 1.75 bits per heavy atom. The highest BCUT2D eigenvalue weighted by Crippen LogP contribution is 2.43. The molecule has 3 aromatic rings. The average Bonchev–Trinajstić information content (AvgIpc) is 3.35. The fraction of sp³-hybridized carbons (Fsp3) is 0.419. The summed E-state index contributed by atoms with van der Waals surface area (Å²) in [5.74, 6) is 0.401. The second-order valence-corrected chi connectivity index (χ2v) is 9.92. The summed E-state index contributed by atoms with van der Waals surface area (Å²) in [7, 11) is 0. The highest BCUT2D eigenvalue weighted by atomic mass is 16.6. The van der Waals surface area contributed by atoms with Crippen LogP contribution in [0, 0.1) is 11.8 Å². The number of aliphatic hydroxyl groups is 1. The minimum atomic E-state index is -0.275. The Kier molecular flexibility index (Phi) is 8.81. The number of fused-ring (bicyclic) bond motifs is 1. The van der Waals surface area contributed by atoms with E-state index in [4.69, 9.17) is 18.9 Å². The lowest BCUT2D eigenvalue weighted by molar-refractivity contribution is -0.238. The summed E-state index contributed by atoms with van der Waals surface area (Å²) in [4.78, 5) is 0. The highest BCUT2D eigenvalue weighted by molar-refractivity contribution is 5.15. The average molecular weight is 489 g/mol. The first-order valence-electron chi connectivity index (χ1n) is 13.0. The quantitative estimate of drug-likeness (QED) is 0.404. The third-order valence-corrected chi connectivity index (χ3v) is 7.33. The molecule has 2 aliphatic rings. The molecule has 5 nitrogen and oxygen atoms in total. The molecule has 0 bridgehead atoms. The monoisotopic (exact) mass is 488 g/mol. The number of hydrogen-bond donors (Lipinski definition) is 1. The third kappa shape index (κ3) is 6.41. The van der Waals surface area contributed by atoms with E-state index in [9.17, 15) is 5.11 Å². The van der Waals surface area contributed by atoms with Crippen molar-refractivity contribution in [1.82, 2.24) is 0 Å². The van der Waals surface area contributed by atoms with Crippen LogP contribution >= 0.6 is 0 Å². The van der Waals surface area contributed by atoms with Gasteiger partial charge >= 0.3 is 0 Å². The third-order valence-electron chi connectivity index (χ3n) is 7.33. The van der Waals surface area contributed by atoms with Crippen LogP contribution in [0.15, 0.2) is 91.0 Å². The van der Waals surface area contributed by atoms with E-state index in [-0.39, 0.29) is 42.9 Å². The van der Waals surface area contributed by atoms with Gasteiger partial charge in [0.2, 0.25) is 0 Å². The van der Waals surface area contributed by atoms with E-state index in [0.717, 1.165) is 29.5 Å². The molecule has 1 aliphatic heterocycles. The molecule has 190 valence electrons. The predicted molar refractivity (Wildman–Crippen MR) is 138 cm³/mol. The van der Waals surface area contributed by atoms with Crippen LogP contribution in [-0.4, -0.2) is 42.7 Å². The predicted octanol–water partition coefficient (Wildman–Crippen LogP) is 5.16. The van der Waals surface area contributed by atoms with Gasteiger partial charge in [-0.3, -0.25) is 0 Å². The van der Waals surface area contributed by atoms with Gasteiger partial charge in [0.1, 0.15) is 12.2 Å². The van der Waals surface area contributed by atoms with Crippen LogP contribution < -0.4 is 0 Å². The van der Waals surface area contributed by atoms with Gasteiger partial charge in [-0.25, -0.2) is 0 Å². The fourth-order valence-electron chi connectivity index (χ4n) is 5.50. The summed E-state index contributed by atoms with van der Waals surface area (Å²) in [5.41, 5.74) is 3.38. The Morgan fingerprint density at radius 1 is 0.667 bits per heavy atom. The zero-order valence-electron chi connectivity index (χ0n) is 20.7. The van der Waals surface area contributed by atoms with Crippen molar-refractivity contribution in [2.45, 2.75) is 57.1 Å². The lowest BCUT2D eigenvalue weighted by Gasteiger charge is -2.44. The Balaban J connectivity index is 1.34. The number of aliphatic hydroxyl groups excluding tert-OH is 1. The van der Waals surface area contributed by atoms with Crippen molar-refractivity contribution in [3.05, 3.63) is 108 Å². The molecule has 0 spiro atoms. The SMILES string of the molecule is OC[C@H]1CC2[C@@H](C1)OC(COCc1ccccc1)[C@@H](OCc1ccccc1)[C@H]2OCc1ccccc1. The number of ether oxygens (including phenoxy) is 4. The Bertz CT molecular complexity index is 1030. The van der Waals surface area contributed by atoms with E-state index >= 15 is 0 Å². The molecule has 3 aromatic carbocycles. The molecular formula is C31H36O5. The van der Waals surface area contributed by atoms with Crippen molar-refractivity contribution >= 4 is 0 Å². The second-order valence-electron chi connectivity index (χ2n) is 9.92. The van der Waals surface area contributed by atoms with Crippen LogP contribution in [0.5, 0.6) is 0 Å². The molecule has 2 fully saturated rings. The van der Waals surface area contributed by atoms with E-state index < -0.39 is 0 Å². The largest absolute Gasteiger partial charge is 0.396 e. The summed E-state index contributed by atoms with van der Waals surface area (Å²) in [6.07, 6.45) is 1.08. The summed E-state index contributed by atoms with van der Waals surface area (Å²) in [6.45, 7) is 2.12. The van der Waals surface area contributed by atoms with E-state index in [2.05, 4.69) is 36.4 Å². The Hall–Kier alpha value is -2.54. The minimum Gasteiger partial charge on any atom is -0.396 e. The molecule has 1 N–H and O–H groups in total. The van der Waals surface area contributed by atoms with Crippen LogP contribution in [0.2, 0.25) is 0 Å². The summed E-state index contributed by atoms with van der Waals surface area (Å²) >= 11 is 0. The zero-order valence-corrected chi connectivity index (χ0v) is 20.7. The van der Waals surface area contributed by atoms with E-state index in [1.54, 1.807) is 0 Å². The first-order chi connectivity index (χ1) is 17.8.